The van der Waals surface area contributed by atoms with Gasteiger partial charge in [0.05, 0.1) is 11.5 Å². The van der Waals surface area contributed by atoms with Crippen LogP contribution in [0, 0.1) is 5.92 Å². The third-order valence-electron chi connectivity index (χ3n) is 5.29. The molecule has 0 fully saturated rings. The molecule has 4 nitrogen and oxygen atoms in total. The summed E-state index contributed by atoms with van der Waals surface area (Å²) in [6, 6.07) is 16.6. The van der Waals surface area contributed by atoms with Crippen molar-refractivity contribution in [3.05, 3.63) is 76.5 Å². The van der Waals surface area contributed by atoms with Crippen molar-refractivity contribution in [2.45, 2.75) is 38.7 Å². The number of anilines is 1. The van der Waals surface area contributed by atoms with Crippen molar-refractivity contribution in [2.75, 3.05) is 5.32 Å². The molecular weight excluding hydrogens is 374 g/mol. The van der Waals surface area contributed by atoms with Crippen molar-refractivity contribution in [1.29, 1.82) is 0 Å². The molecule has 0 radical (unpaired) electrons. The normalized spacial score (nSPS) is 24.8. The highest BCUT2D eigenvalue weighted by Crippen LogP contribution is 2.47. The number of aliphatic hydroxyl groups is 1. The minimum absolute atomic E-state index is 0.125. The zero-order valence-electron chi connectivity index (χ0n) is 16.2. The maximum Gasteiger partial charge on any atom is 0.158 e. The van der Waals surface area contributed by atoms with Crippen LogP contribution in [0.2, 0.25) is 5.02 Å². The molecule has 146 valence electrons. The van der Waals surface area contributed by atoms with Crippen LogP contribution in [-0.4, -0.2) is 22.3 Å². The van der Waals surface area contributed by atoms with E-state index in [0.717, 1.165) is 11.3 Å². The van der Waals surface area contributed by atoms with Gasteiger partial charge < -0.3 is 10.4 Å². The lowest BCUT2D eigenvalue weighted by atomic mass is 9.64. The smallest absolute Gasteiger partial charge is 0.158 e. The monoisotopic (exact) mass is 397 g/mol. The van der Waals surface area contributed by atoms with E-state index in [2.05, 4.69) is 5.32 Å². The first-order chi connectivity index (χ1) is 13.2. The van der Waals surface area contributed by atoms with Gasteiger partial charge in [0.1, 0.15) is 5.78 Å². The van der Waals surface area contributed by atoms with Crippen molar-refractivity contribution in [3.63, 3.8) is 0 Å². The van der Waals surface area contributed by atoms with Crippen molar-refractivity contribution >= 4 is 28.9 Å². The number of carbonyl (C=O) groups is 2. The van der Waals surface area contributed by atoms with Crippen LogP contribution in [0.5, 0.6) is 0 Å². The first-order valence-corrected chi connectivity index (χ1v) is 9.63. The maximum absolute atomic E-state index is 12.7. The first kappa shape index (κ1) is 20.3. The molecule has 0 unspecified atom stereocenters. The Morgan fingerprint density at radius 1 is 1.07 bits per heavy atom. The second-order valence-electron chi connectivity index (χ2n) is 7.59. The van der Waals surface area contributed by atoms with Crippen LogP contribution in [0.4, 0.5) is 5.69 Å². The van der Waals surface area contributed by atoms with Crippen molar-refractivity contribution in [2.24, 2.45) is 5.92 Å². The number of carbonyl (C=O) groups excluding carboxylic acids is 2. The highest BCUT2D eigenvalue weighted by Gasteiger charge is 2.49. The van der Waals surface area contributed by atoms with E-state index < -0.39 is 17.4 Å². The fraction of sp³-hybridized carbons (Fsp3) is 0.304. The van der Waals surface area contributed by atoms with Crippen molar-refractivity contribution < 1.29 is 14.7 Å². The summed E-state index contributed by atoms with van der Waals surface area (Å²) in [6.07, 6.45) is 0.186. The average molecular weight is 398 g/mol. The average Bonchev–Trinajstić information content (AvgIpc) is 2.61. The van der Waals surface area contributed by atoms with E-state index in [1.807, 2.05) is 42.5 Å². The Morgan fingerprint density at radius 3 is 2.21 bits per heavy atom. The number of hydrogen-bond donors (Lipinski definition) is 2. The van der Waals surface area contributed by atoms with Crippen LogP contribution in [0.1, 0.15) is 38.7 Å². The van der Waals surface area contributed by atoms with Crippen molar-refractivity contribution in [3.8, 4) is 0 Å². The molecule has 0 amide bonds. The number of nitrogens with one attached hydrogen (secondary N) is 1. The van der Waals surface area contributed by atoms with Gasteiger partial charge in [-0.05, 0) is 50.6 Å². The quantitative estimate of drug-likeness (QED) is 0.764. The summed E-state index contributed by atoms with van der Waals surface area (Å²) < 4.78 is 0. The van der Waals surface area contributed by atoms with Gasteiger partial charge in [0, 0.05) is 34.3 Å². The summed E-state index contributed by atoms with van der Waals surface area (Å²) in [4.78, 5) is 25.3. The lowest BCUT2D eigenvalue weighted by Gasteiger charge is -2.43. The molecule has 0 saturated heterocycles. The molecule has 2 N–H and O–H groups in total. The lowest BCUT2D eigenvalue weighted by molar-refractivity contribution is -0.131. The largest absolute Gasteiger partial charge is 0.389 e. The summed E-state index contributed by atoms with van der Waals surface area (Å²) in [7, 11) is 0. The molecule has 0 heterocycles. The predicted octanol–water partition coefficient (Wildman–Crippen LogP) is 4.74. The minimum Gasteiger partial charge on any atom is -0.389 e. The Balaban J connectivity index is 2.21. The Morgan fingerprint density at radius 2 is 1.68 bits per heavy atom. The lowest BCUT2D eigenvalue weighted by Crippen LogP contribution is -2.48. The third-order valence-corrected chi connectivity index (χ3v) is 5.54. The molecule has 1 aliphatic rings. The van der Waals surface area contributed by atoms with Crippen LogP contribution < -0.4 is 5.32 Å². The highest BCUT2D eigenvalue weighted by molar-refractivity contribution is 6.30. The van der Waals surface area contributed by atoms with Gasteiger partial charge in [-0.3, -0.25) is 9.59 Å². The zero-order chi connectivity index (χ0) is 20.5. The van der Waals surface area contributed by atoms with E-state index >= 15 is 0 Å². The van der Waals surface area contributed by atoms with Crippen LogP contribution in [-0.2, 0) is 9.59 Å². The summed E-state index contributed by atoms with van der Waals surface area (Å²) in [5.41, 5.74) is 1.47. The van der Waals surface area contributed by atoms with Crippen LogP contribution in [0.15, 0.2) is 65.9 Å². The topological polar surface area (TPSA) is 66.4 Å². The number of allylic oxidation sites excluding steroid dienone is 1. The molecular formula is C23H24ClNO3. The maximum atomic E-state index is 12.7. The van der Waals surface area contributed by atoms with Crippen molar-refractivity contribution in [1.82, 2.24) is 0 Å². The van der Waals surface area contributed by atoms with E-state index in [1.54, 1.807) is 19.1 Å². The van der Waals surface area contributed by atoms with Gasteiger partial charge in [-0.1, -0.05) is 41.9 Å². The van der Waals surface area contributed by atoms with E-state index in [0.29, 0.717) is 16.3 Å². The molecule has 2 aromatic rings. The van der Waals surface area contributed by atoms with E-state index in [1.165, 1.54) is 13.8 Å². The summed E-state index contributed by atoms with van der Waals surface area (Å²) in [5.74, 6) is -1.56. The number of ketones is 2. The van der Waals surface area contributed by atoms with Gasteiger partial charge in [-0.2, -0.15) is 0 Å². The van der Waals surface area contributed by atoms with Gasteiger partial charge in [0.2, 0.25) is 0 Å². The number of halogens is 1. The third kappa shape index (κ3) is 4.03. The Labute approximate surface area is 170 Å². The van der Waals surface area contributed by atoms with E-state index in [4.69, 9.17) is 11.6 Å². The van der Waals surface area contributed by atoms with Crippen LogP contribution in [0.3, 0.4) is 0 Å². The standard InChI is InChI=1S/C23H24ClNO3/c1-14(26)20-19(25-18-7-5-4-6-8-18)13-23(3,28)22(15(2)27)21(20)16-9-11-17(24)12-10-16/h4-12,21-22,25,28H,13H2,1-3H3/t21-,22+,23-/m1/s1. The first-order valence-electron chi connectivity index (χ1n) is 9.25. The Hall–Kier alpha value is -2.43. The molecule has 0 bridgehead atoms. The number of benzene rings is 2. The summed E-state index contributed by atoms with van der Waals surface area (Å²) in [5, 5.41) is 15.1. The minimum atomic E-state index is -1.30. The molecule has 28 heavy (non-hydrogen) atoms. The predicted molar refractivity (Wildman–Crippen MR) is 111 cm³/mol. The fourth-order valence-electron chi connectivity index (χ4n) is 4.22. The second kappa shape index (κ2) is 7.90. The molecule has 0 aromatic heterocycles. The number of hydrogen-bond acceptors (Lipinski definition) is 4. The van der Waals surface area contributed by atoms with Gasteiger partial charge >= 0.3 is 0 Å². The molecule has 2 aromatic carbocycles. The highest BCUT2D eigenvalue weighted by atomic mass is 35.5. The molecule has 5 heteroatoms. The molecule has 3 rings (SSSR count). The molecule has 3 atom stereocenters. The Bertz CT molecular complexity index is 917. The number of para-hydroxylation sites is 1. The van der Waals surface area contributed by atoms with Crippen LogP contribution in [0.25, 0.3) is 0 Å². The summed E-state index contributed by atoms with van der Waals surface area (Å²) >= 11 is 6.03. The fourth-order valence-corrected chi connectivity index (χ4v) is 4.34. The van der Waals surface area contributed by atoms with Gasteiger partial charge in [0.15, 0.2) is 5.78 Å². The molecule has 0 aliphatic heterocycles. The second-order valence-corrected chi connectivity index (χ2v) is 8.03. The van der Waals surface area contributed by atoms with E-state index in [9.17, 15) is 14.7 Å². The molecule has 0 saturated carbocycles. The van der Waals surface area contributed by atoms with Crippen LogP contribution >= 0.6 is 11.6 Å². The van der Waals surface area contributed by atoms with Gasteiger partial charge in [-0.15, -0.1) is 0 Å². The SMILES string of the molecule is CC(=O)C1=C(Nc2ccccc2)C[C@@](C)(O)[C@@H](C(C)=O)[C@@H]1c1ccc(Cl)cc1. The van der Waals surface area contributed by atoms with Gasteiger partial charge in [-0.25, -0.2) is 0 Å². The Kier molecular flexibility index (Phi) is 5.73. The molecule has 0 spiro atoms. The number of rotatable bonds is 5. The molecule has 1 aliphatic carbocycles. The summed E-state index contributed by atoms with van der Waals surface area (Å²) in [6.45, 7) is 4.63. The van der Waals surface area contributed by atoms with E-state index in [-0.39, 0.29) is 18.0 Å². The number of Topliss-reactive ketones (excluding diaryl/α,β-unsaturated/α-hetero) is 2. The van der Waals surface area contributed by atoms with Gasteiger partial charge in [0.25, 0.3) is 0 Å². The zero-order valence-corrected chi connectivity index (χ0v) is 17.0.